The normalized spacial score (nSPS) is 7.00. The van der Waals surface area contributed by atoms with Gasteiger partial charge in [-0.2, -0.15) is 36.4 Å². The van der Waals surface area contributed by atoms with Crippen molar-refractivity contribution in [3.8, 4) is 0 Å². The van der Waals surface area contributed by atoms with Crippen LogP contribution in [0.5, 0.6) is 0 Å². The zero-order valence-corrected chi connectivity index (χ0v) is 13.8. The fraction of sp³-hybridized carbons (Fsp3) is 0.167. The third-order valence-electron chi connectivity index (χ3n) is 1.11. The maximum atomic E-state index is 4.89. The molecule has 0 atom stereocenters. The number of hydrogen-bond donors (Lipinski definition) is 0. The molecule has 0 saturated carbocycles. The molecule has 2 rings (SSSR count). The summed E-state index contributed by atoms with van der Waals surface area (Å²) < 4.78 is 0. The van der Waals surface area contributed by atoms with Crippen LogP contribution in [-0.4, -0.2) is 9.52 Å². The first kappa shape index (κ1) is 18.6. The molecule has 2 aromatic rings. The smallest absolute Gasteiger partial charge is 0.172 e. The molecular weight excluding hydrogens is 291 g/mol. The molecule has 0 saturated heterocycles. The Hall–Kier alpha value is 0.211. The summed E-state index contributed by atoms with van der Waals surface area (Å²) >= 11 is -0.556. The van der Waals surface area contributed by atoms with E-state index in [4.69, 9.17) is 18.6 Å². The minimum Gasteiger partial charge on any atom is -0.214 e. The van der Waals surface area contributed by atoms with E-state index in [0.717, 1.165) is 9.52 Å². The summed E-state index contributed by atoms with van der Waals surface area (Å²) in [6.45, 7) is 4.42. The van der Waals surface area contributed by atoms with Gasteiger partial charge in [-0.1, -0.05) is 13.1 Å². The van der Waals surface area contributed by atoms with E-state index in [9.17, 15) is 0 Å². The molecule has 0 aliphatic heterocycles. The van der Waals surface area contributed by atoms with Crippen LogP contribution in [0, 0.1) is 0 Å². The van der Waals surface area contributed by atoms with Crippen molar-refractivity contribution in [2.24, 2.45) is 0 Å². The van der Waals surface area contributed by atoms with Crippen LogP contribution in [0.3, 0.4) is 0 Å². The van der Waals surface area contributed by atoms with Gasteiger partial charge in [-0.05, 0) is 0 Å². The third-order valence-corrected chi connectivity index (χ3v) is 1.11. The maximum absolute atomic E-state index is 4.89. The third kappa shape index (κ3) is 23.8. The number of rotatable bonds is 0. The van der Waals surface area contributed by atoms with Gasteiger partial charge in [0.2, 0.25) is 0 Å². The standard InChI is InChI=1S/2C5H5.C2H7Si.2ClH.Ti/c2*1-2-4-5-3-1;1-3-2;;;/h2*1-5H;3H,1-2H3;2*1H;/q2*-1;;;;+2/p-2. The summed E-state index contributed by atoms with van der Waals surface area (Å²) in [6.07, 6.45) is 0. The fourth-order valence-electron chi connectivity index (χ4n) is 0.642. The van der Waals surface area contributed by atoms with Crippen LogP contribution >= 0.6 is 18.6 Å². The number of halogens is 2. The Bertz CT molecular complexity index is 181. The first-order valence-corrected chi connectivity index (χ1v) is 11.5. The Morgan fingerprint density at radius 1 is 0.812 bits per heavy atom. The Morgan fingerprint density at radius 3 is 1.06 bits per heavy atom. The van der Waals surface area contributed by atoms with Gasteiger partial charge in [0.05, 0.1) is 0 Å². The summed E-state index contributed by atoms with van der Waals surface area (Å²) in [6, 6.07) is 20.0. The second-order valence-electron chi connectivity index (χ2n) is 2.57. The molecule has 0 spiro atoms. The monoisotopic (exact) mass is 307 g/mol. The first-order chi connectivity index (χ1) is 7.83. The van der Waals surface area contributed by atoms with Crippen molar-refractivity contribution in [1.82, 2.24) is 0 Å². The van der Waals surface area contributed by atoms with Crippen molar-refractivity contribution in [1.29, 1.82) is 0 Å². The summed E-state index contributed by atoms with van der Waals surface area (Å²) in [5.41, 5.74) is 0. The van der Waals surface area contributed by atoms with Crippen molar-refractivity contribution in [2.45, 2.75) is 13.1 Å². The van der Waals surface area contributed by atoms with E-state index >= 15 is 0 Å². The Morgan fingerprint density at radius 2 is 1.00 bits per heavy atom. The quantitative estimate of drug-likeness (QED) is 0.488. The van der Waals surface area contributed by atoms with Crippen LogP contribution in [0.15, 0.2) is 60.7 Å². The van der Waals surface area contributed by atoms with E-state index in [1.807, 2.05) is 60.7 Å². The van der Waals surface area contributed by atoms with Crippen molar-refractivity contribution < 1.29 is 17.0 Å². The molecule has 4 heteroatoms. The van der Waals surface area contributed by atoms with Crippen molar-refractivity contribution >= 4 is 28.1 Å². The second-order valence-corrected chi connectivity index (χ2v) is 6.31. The molecule has 0 aliphatic carbocycles. The van der Waals surface area contributed by atoms with Gasteiger partial charge in [-0.15, -0.1) is 0 Å². The van der Waals surface area contributed by atoms with Gasteiger partial charge in [-0.3, -0.25) is 0 Å². The average molecular weight is 308 g/mol. The SMILES string of the molecule is C[SiH]C.[Cl][Ti][Cl].c1cc[cH-]c1.c1cc[cH-]c1. The summed E-state index contributed by atoms with van der Waals surface area (Å²) in [7, 11) is 10.5. The van der Waals surface area contributed by atoms with E-state index in [1.54, 1.807) is 0 Å². The molecule has 1 radical (unpaired) electrons. The van der Waals surface area contributed by atoms with Crippen LogP contribution in [0.25, 0.3) is 0 Å². The Balaban J connectivity index is 0. The van der Waals surface area contributed by atoms with E-state index in [2.05, 4.69) is 13.1 Å². The fourth-order valence-corrected chi connectivity index (χ4v) is 0.642. The molecule has 0 unspecified atom stereocenters. The predicted molar refractivity (Wildman–Crippen MR) is 74.7 cm³/mol. The maximum Gasteiger partial charge on any atom is -0.172 e. The van der Waals surface area contributed by atoms with Gasteiger partial charge < -0.3 is 0 Å². The summed E-state index contributed by atoms with van der Waals surface area (Å²) in [4.78, 5) is 0. The van der Waals surface area contributed by atoms with Gasteiger partial charge in [-0.25, -0.2) is 24.3 Å². The minimum atomic E-state index is -0.556. The van der Waals surface area contributed by atoms with Crippen LogP contribution in [0.2, 0.25) is 13.1 Å². The van der Waals surface area contributed by atoms with Gasteiger partial charge >= 0.3 is 35.6 Å². The molecule has 0 heterocycles. The molecule has 0 amide bonds. The Labute approximate surface area is 118 Å². The summed E-state index contributed by atoms with van der Waals surface area (Å²) in [5, 5.41) is 0. The van der Waals surface area contributed by atoms with Gasteiger partial charge in [0, 0.05) is 9.52 Å². The molecule has 16 heavy (non-hydrogen) atoms. The molecule has 0 bridgehead atoms. The van der Waals surface area contributed by atoms with Crippen molar-refractivity contribution in [3.63, 3.8) is 0 Å². The summed E-state index contributed by atoms with van der Waals surface area (Å²) in [5.74, 6) is 0. The van der Waals surface area contributed by atoms with Crippen LogP contribution in [-0.2, 0) is 17.0 Å². The van der Waals surface area contributed by atoms with Gasteiger partial charge in [0.1, 0.15) is 0 Å². The molecule has 0 fully saturated rings. The second kappa shape index (κ2) is 20.6. The molecule has 2 aromatic carbocycles. The molecule has 89 valence electrons. The largest absolute Gasteiger partial charge is 0.214 e. The predicted octanol–water partition coefficient (Wildman–Crippen LogP) is 4.71. The van der Waals surface area contributed by atoms with Crippen LogP contribution < -0.4 is 0 Å². The molecular formula is C12H17Cl2SiTi-2. The van der Waals surface area contributed by atoms with Gasteiger partial charge in [0.15, 0.2) is 0 Å². The molecule has 0 aromatic heterocycles. The Kier molecular flexibility index (Phi) is 23.9. The first-order valence-electron chi connectivity index (χ1n) is 4.87. The average Bonchev–Trinajstić information content (AvgIpc) is 3.00. The number of hydrogen-bond acceptors (Lipinski definition) is 0. The zero-order chi connectivity index (χ0) is 12.5. The molecule has 0 nitrogen and oxygen atoms in total. The minimum absolute atomic E-state index is 0.556. The zero-order valence-electron chi connectivity index (χ0n) is 9.61. The van der Waals surface area contributed by atoms with Crippen LogP contribution in [0.1, 0.15) is 0 Å². The van der Waals surface area contributed by atoms with Crippen LogP contribution in [0.4, 0.5) is 0 Å². The van der Waals surface area contributed by atoms with Crippen molar-refractivity contribution in [2.75, 3.05) is 0 Å². The van der Waals surface area contributed by atoms with Crippen molar-refractivity contribution in [3.05, 3.63) is 60.7 Å². The topological polar surface area (TPSA) is 0 Å². The van der Waals surface area contributed by atoms with E-state index in [-0.39, 0.29) is 0 Å². The van der Waals surface area contributed by atoms with E-state index in [1.165, 1.54) is 0 Å². The molecule has 0 N–H and O–H groups in total. The van der Waals surface area contributed by atoms with E-state index < -0.39 is 17.0 Å². The molecule has 0 aliphatic rings. The van der Waals surface area contributed by atoms with Gasteiger partial charge in [0.25, 0.3) is 0 Å². The van der Waals surface area contributed by atoms with E-state index in [0.29, 0.717) is 0 Å².